The van der Waals surface area contributed by atoms with E-state index in [9.17, 15) is 18.0 Å². The minimum atomic E-state index is -3.94. The molecule has 0 saturated carbocycles. The van der Waals surface area contributed by atoms with Gasteiger partial charge in [0.1, 0.15) is 5.82 Å². The lowest BCUT2D eigenvalue weighted by Crippen LogP contribution is -2.25. The quantitative estimate of drug-likeness (QED) is 0.235. The highest BCUT2D eigenvalue weighted by Gasteiger charge is 2.19. The third-order valence-corrected chi connectivity index (χ3v) is 8.35. The molecule has 3 aromatic carbocycles. The number of hydrogen-bond donors (Lipinski definition) is 2. The number of sulfonamides is 1. The molecule has 0 fully saturated rings. The van der Waals surface area contributed by atoms with Gasteiger partial charge in [-0.2, -0.15) is 4.68 Å². The van der Waals surface area contributed by atoms with Crippen LogP contribution < -0.4 is 16.1 Å². The number of aromatic nitrogens is 3. The first-order valence-electron chi connectivity index (χ1n) is 12.7. The molecule has 1 heterocycles. The van der Waals surface area contributed by atoms with Crippen molar-refractivity contribution in [1.82, 2.24) is 14.3 Å². The summed E-state index contributed by atoms with van der Waals surface area (Å²) in [5.41, 5.74) is 2.39. The van der Waals surface area contributed by atoms with Gasteiger partial charge in [-0.3, -0.25) is 9.36 Å². The van der Waals surface area contributed by atoms with Crippen LogP contribution in [0.2, 0.25) is 5.02 Å². The van der Waals surface area contributed by atoms with E-state index in [4.69, 9.17) is 16.7 Å². The molecule has 0 atom stereocenters. The fraction of sp³-hybridized carbons (Fsp3) is 0.250. The van der Waals surface area contributed by atoms with Crippen molar-refractivity contribution in [1.29, 1.82) is 0 Å². The van der Waals surface area contributed by atoms with Crippen LogP contribution in [0.25, 0.3) is 16.8 Å². The fourth-order valence-electron chi connectivity index (χ4n) is 4.24. The van der Waals surface area contributed by atoms with Crippen LogP contribution in [0, 0.1) is 0 Å². The number of rotatable bonds is 10. The van der Waals surface area contributed by atoms with E-state index in [1.807, 2.05) is 0 Å². The number of primary sulfonamides is 1. The third-order valence-electron chi connectivity index (χ3n) is 6.36. The average molecular weight is 647 g/mol. The van der Waals surface area contributed by atoms with Crippen LogP contribution in [0.15, 0.2) is 74.8 Å². The summed E-state index contributed by atoms with van der Waals surface area (Å²) in [5, 5.41) is 13.2. The number of nitrogens with one attached hydrogen (secondary N) is 1. The third kappa shape index (κ3) is 6.55. The Morgan fingerprint density at radius 2 is 1.85 bits per heavy atom. The zero-order chi connectivity index (χ0) is 29.0. The summed E-state index contributed by atoms with van der Waals surface area (Å²) in [6, 6.07) is 16.8. The number of anilines is 1. The van der Waals surface area contributed by atoms with E-state index >= 15 is 0 Å². The Bertz CT molecular complexity index is 1730. The van der Waals surface area contributed by atoms with Crippen molar-refractivity contribution in [2.75, 3.05) is 5.32 Å². The first-order chi connectivity index (χ1) is 19.0. The molecule has 0 aliphatic rings. The van der Waals surface area contributed by atoms with Crippen molar-refractivity contribution in [3.63, 3.8) is 0 Å². The van der Waals surface area contributed by atoms with Gasteiger partial charge in [0.15, 0.2) is 0 Å². The number of nitrogens with two attached hydrogens (primary N) is 1. The van der Waals surface area contributed by atoms with Crippen LogP contribution >= 0.6 is 27.5 Å². The van der Waals surface area contributed by atoms with Crippen molar-refractivity contribution in [3.05, 3.63) is 92.0 Å². The van der Waals surface area contributed by atoms with Crippen molar-refractivity contribution in [2.45, 2.75) is 51.0 Å². The summed E-state index contributed by atoms with van der Waals surface area (Å²) in [6.45, 7) is 3.99. The van der Waals surface area contributed by atoms with Gasteiger partial charge >= 0.3 is 5.69 Å². The summed E-state index contributed by atoms with van der Waals surface area (Å²) >= 11 is 10.2. The Hall–Kier alpha value is -3.25. The van der Waals surface area contributed by atoms with Gasteiger partial charge in [-0.05, 0) is 63.8 Å². The van der Waals surface area contributed by atoms with Crippen LogP contribution in [0.3, 0.4) is 0 Å². The van der Waals surface area contributed by atoms with E-state index in [1.54, 1.807) is 66.1 Å². The highest BCUT2D eigenvalue weighted by atomic mass is 79.9. The molecule has 0 radical (unpaired) electrons. The lowest BCUT2D eigenvalue weighted by Gasteiger charge is -2.12. The van der Waals surface area contributed by atoms with Crippen LogP contribution in [0.5, 0.6) is 0 Å². The molecule has 40 heavy (non-hydrogen) atoms. The van der Waals surface area contributed by atoms with Gasteiger partial charge in [0.2, 0.25) is 15.9 Å². The van der Waals surface area contributed by atoms with E-state index in [0.29, 0.717) is 56.2 Å². The molecule has 1 amide bonds. The molecular weight excluding hydrogens is 618 g/mol. The number of amides is 1. The normalized spacial score (nSPS) is 11.5. The maximum Gasteiger partial charge on any atom is 0.351 e. The van der Waals surface area contributed by atoms with E-state index in [-0.39, 0.29) is 23.0 Å². The molecule has 12 heteroatoms. The topological polar surface area (TPSA) is 129 Å². The molecule has 0 aliphatic carbocycles. The van der Waals surface area contributed by atoms with Crippen LogP contribution in [0.4, 0.5) is 5.69 Å². The average Bonchev–Trinajstić information content (AvgIpc) is 3.23. The SMILES string of the molecule is CCCCc1nn(-c2cc(NC(=O)CC)ccc2Br)c(=O)n1Cc1ccc(-c2ccccc2S(N)(=O)=O)cc1Cl. The molecule has 0 bridgehead atoms. The minimum absolute atomic E-state index is 0.00102. The second kappa shape index (κ2) is 12.5. The zero-order valence-corrected chi connectivity index (χ0v) is 25.2. The van der Waals surface area contributed by atoms with Crippen molar-refractivity contribution in [2.24, 2.45) is 5.14 Å². The summed E-state index contributed by atoms with van der Waals surface area (Å²) in [4.78, 5) is 25.6. The van der Waals surface area contributed by atoms with E-state index in [1.165, 1.54) is 10.7 Å². The molecule has 4 rings (SSSR count). The first-order valence-corrected chi connectivity index (χ1v) is 15.4. The Kier molecular flexibility index (Phi) is 9.29. The summed E-state index contributed by atoms with van der Waals surface area (Å²) < 4.78 is 27.7. The van der Waals surface area contributed by atoms with E-state index in [0.717, 1.165) is 12.8 Å². The van der Waals surface area contributed by atoms with Gasteiger partial charge < -0.3 is 5.32 Å². The smallest absolute Gasteiger partial charge is 0.326 e. The van der Waals surface area contributed by atoms with Gasteiger partial charge in [-0.25, -0.2) is 18.4 Å². The van der Waals surface area contributed by atoms with Gasteiger partial charge in [-0.15, -0.1) is 5.10 Å². The molecule has 3 N–H and O–H groups in total. The maximum absolute atomic E-state index is 13.7. The lowest BCUT2D eigenvalue weighted by molar-refractivity contribution is -0.115. The van der Waals surface area contributed by atoms with E-state index < -0.39 is 10.0 Å². The minimum Gasteiger partial charge on any atom is -0.326 e. The van der Waals surface area contributed by atoms with Gasteiger partial charge in [0.05, 0.1) is 17.1 Å². The van der Waals surface area contributed by atoms with Gasteiger partial charge in [0.25, 0.3) is 0 Å². The van der Waals surface area contributed by atoms with Crippen LogP contribution in [-0.2, 0) is 27.8 Å². The number of nitrogens with zero attached hydrogens (tertiary/aromatic N) is 3. The molecular formula is C28H29BrClN5O4S. The van der Waals surface area contributed by atoms with Crippen LogP contribution in [-0.4, -0.2) is 28.7 Å². The number of carbonyl (C=O) groups is 1. The lowest BCUT2D eigenvalue weighted by atomic mass is 10.0. The first kappa shape index (κ1) is 29.7. The fourth-order valence-corrected chi connectivity index (χ4v) is 5.66. The number of benzene rings is 3. The van der Waals surface area contributed by atoms with E-state index in [2.05, 4.69) is 33.3 Å². The van der Waals surface area contributed by atoms with Gasteiger partial charge in [-0.1, -0.05) is 62.2 Å². The summed E-state index contributed by atoms with van der Waals surface area (Å²) in [6.07, 6.45) is 2.66. The molecule has 0 aliphatic heterocycles. The summed E-state index contributed by atoms with van der Waals surface area (Å²) in [5.74, 6) is 0.459. The molecule has 0 saturated heterocycles. The Balaban J connectivity index is 1.75. The molecule has 4 aromatic rings. The summed E-state index contributed by atoms with van der Waals surface area (Å²) in [7, 11) is -3.94. The second-order valence-electron chi connectivity index (χ2n) is 9.22. The van der Waals surface area contributed by atoms with Crippen molar-refractivity contribution >= 4 is 49.1 Å². The molecule has 0 spiro atoms. The number of carbonyl (C=O) groups excluding carboxylic acids is 1. The van der Waals surface area contributed by atoms with Crippen LogP contribution in [0.1, 0.15) is 44.5 Å². The van der Waals surface area contributed by atoms with Gasteiger partial charge in [0, 0.05) is 33.6 Å². The highest BCUT2D eigenvalue weighted by molar-refractivity contribution is 9.10. The number of hydrogen-bond acceptors (Lipinski definition) is 5. The standard InChI is InChI=1S/C28H29BrClN5O4S/c1-3-5-10-26-33-35(24-16-20(13-14-22(24)29)32-27(36)4-2)28(37)34(26)17-19-12-11-18(15-23(19)30)21-8-6-7-9-25(21)40(31,38)39/h6-9,11-16H,3-5,10,17H2,1-2H3,(H,32,36)(H2,31,38,39). The number of unbranched alkanes of at least 4 members (excludes halogenated alkanes) is 1. The Labute approximate surface area is 246 Å². The predicted octanol–water partition coefficient (Wildman–Crippen LogP) is 5.50. The molecule has 9 nitrogen and oxygen atoms in total. The van der Waals surface area contributed by atoms with Crippen molar-refractivity contribution < 1.29 is 13.2 Å². The Morgan fingerprint density at radius 1 is 1.10 bits per heavy atom. The van der Waals surface area contributed by atoms with Crippen molar-refractivity contribution in [3.8, 4) is 16.8 Å². The number of aryl methyl sites for hydroxylation is 1. The Morgan fingerprint density at radius 3 is 2.52 bits per heavy atom. The number of halogens is 2. The predicted molar refractivity (Wildman–Crippen MR) is 160 cm³/mol. The largest absolute Gasteiger partial charge is 0.351 e. The highest BCUT2D eigenvalue weighted by Crippen LogP contribution is 2.31. The molecule has 1 aromatic heterocycles. The monoisotopic (exact) mass is 645 g/mol. The second-order valence-corrected chi connectivity index (χ2v) is 12.0. The maximum atomic E-state index is 13.7. The molecule has 210 valence electrons. The zero-order valence-electron chi connectivity index (χ0n) is 22.0. The molecule has 0 unspecified atom stereocenters.